The molecule has 0 aliphatic heterocycles. The predicted octanol–water partition coefficient (Wildman–Crippen LogP) is 0.772. The molecule has 0 aliphatic rings. The van der Waals surface area contributed by atoms with E-state index in [0.717, 1.165) is 0 Å². The summed E-state index contributed by atoms with van der Waals surface area (Å²) in [6, 6.07) is 0. The van der Waals surface area contributed by atoms with Crippen LogP contribution in [0.3, 0.4) is 0 Å². The number of carboxylic acids is 1. The smallest absolute Gasteiger partial charge is 0.323 e. The van der Waals surface area contributed by atoms with Crippen LogP contribution in [0.1, 0.15) is 29.5 Å². The molecule has 2 aromatic heterocycles. The molecule has 0 aromatic carbocycles. The number of aryl methyl sites for hydroxylation is 2. The number of hydrogen-bond acceptors (Lipinski definition) is 5. The summed E-state index contributed by atoms with van der Waals surface area (Å²) in [5.74, 6) is -1.40. The van der Waals surface area contributed by atoms with Gasteiger partial charge in [0.15, 0.2) is 0 Å². The largest absolute Gasteiger partial charge is 0.480 e. The molecule has 0 radical (unpaired) electrons. The van der Waals surface area contributed by atoms with Crippen LogP contribution in [-0.4, -0.2) is 44.5 Å². The molecule has 8 nitrogen and oxygen atoms in total. The first-order valence-electron chi connectivity index (χ1n) is 6.82. The van der Waals surface area contributed by atoms with E-state index in [9.17, 15) is 14.4 Å². The number of carbonyl (C=O) groups excluding carboxylic acids is 1. The van der Waals surface area contributed by atoms with Gasteiger partial charge in [0.2, 0.25) is 5.71 Å². The Kier molecular flexibility index (Phi) is 4.30. The highest BCUT2D eigenvalue weighted by molar-refractivity contribution is 6.06. The summed E-state index contributed by atoms with van der Waals surface area (Å²) in [6.07, 6.45) is 1.91. The van der Waals surface area contributed by atoms with Gasteiger partial charge in [-0.15, -0.1) is 0 Å². The van der Waals surface area contributed by atoms with Crippen LogP contribution in [0.15, 0.2) is 15.5 Å². The second-order valence-corrected chi connectivity index (χ2v) is 4.99. The third-order valence-electron chi connectivity index (χ3n) is 3.27. The Balaban J connectivity index is 2.59. The van der Waals surface area contributed by atoms with Crippen molar-refractivity contribution in [3.8, 4) is 0 Å². The Morgan fingerprint density at radius 2 is 2.14 bits per heavy atom. The number of aromatic nitrogens is 2. The summed E-state index contributed by atoms with van der Waals surface area (Å²) in [4.78, 5) is 41.0. The fourth-order valence-corrected chi connectivity index (χ4v) is 2.29. The second kappa shape index (κ2) is 6.00. The Bertz CT molecular complexity index is 790. The highest BCUT2D eigenvalue weighted by atomic mass is 16.4. The summed E-state index contributed by atoms with van der Waals surface area (Å²) in [7, 11) is 1.52. The molecule has 0 saturated carbocycles. The quantitative estimate of drug-likeness (QED) is 0.874. The van der Waals surface area contributed by atoms with Crippen LogP contribution in [0.2, 0.25) is 0 Å². The van der Waals surface area contributed by atoms with Gasteiger partial charge in [-0.1, -0.05) is 6.92 Å². The molecule has 1 N–H and O–H groups in total. The summed E-state index contributed by atoms with van der Waals surface area (Å²) in [5.41, 5.74) is -0.244. The maximum absolute atomic E-state index is 12.7. The van der Waals surface area contributed by atoms with Crippen molar-refractivity contribution in [3.63, 3.8) is 0 Å². The first-order chi connectivity index (χ1) is 10.4. The zero-order chi connectivity index (χ0) is 16.4. The van der Waals surface area contributed by atoms with Crippen LogP contribution in [0.25, 0.3) is 11.1 Å². The zero-order valence-electron chi connectivity index (χ0n) is 12.6. The van der Waals surface area contributed by atoms with Gasteiger partial charge < -0.3 is 19.0 Å². The van der Waals surface area contributed by atoms with Crippen molar-refractivity contribution in [2.45, 2.75) is 20.3 Å². The van der Waals surface area contributed by atoms with Crippen molar-refractivity contribution in [3.05, 3.63) is 28.0 Å². The number of carboxylic acid groups (broad SMARTS) is 1. The van der Waals surface area contributed by atoms with E-state index in [4.69, 9.17) is 9.52 Å². The van der Waals surface area contributed by atoms with Gasteiger partial charge in [-0.2, -0.15) is 0 Å². The molecule has 118 valence electrons. The molecule has 0 unspecified atom stereocenters. The van der Waals surface area contributed by atoms with Gasteiger partial charge in [-0.25, -0.2) is 4.98 Å². The maximum Gasteiger partial charge on any atom is 0.323 e. The lowest BCUT2D eigenvalue weighted by molar-refractivity contribution is -0.137. The van der Waals surface area contributed by atoms with Crippen molar-refractivity contribution >= 4 is 23.0 Å². The van der Waals surface area contributed by atoms with Crippen LogP contribution < -0.4 is 5.56 Å². The summed E-state index contributed by atoms with van der Waals surface area (Å²) in [6.45, 7) is 3.24. The van der Waals surface area contributed by atoms with E-state index >= 15 is 0 Å². The van der Waals surface area contributed by atoms with Gasteiger partial charge in [0, 0.05) is 13.6 Å². The minimum absolute atomic E-state index is 0.0794. The van der Waals surface area contributed by atoms with Crippen LogP contribution in [0.5, 0.6) is 0 Å². The molecular weight excluding hydrogens is 290 g/mol. The van der Waals surface area contributed by atoms with E-state index in [1.807, 2.05) is 6.92 Å². The molecule has 22 heavy (non-hydrogen) atoms. The van der Waals surface area contributed by atoms with Gasteiger partial charge in [-0.05, 0) is 13.3 Å². The average Bonchev–Trinajstić information content (AvgIpc) is 2.78. The van der Waals surface area contributed by atoms with Crippen molar-refractivity contribution < 1.29 is 19.1 Å². The highest BCUT2D eigenvalue weighted by Crippen LogP contribution is 2.22. The number of rotatable bonds is 5. The molecule has 2 heterocycles. The minimum Gasteiger partial charge on any atom is -0.480 e. The van der Waals surface area contributed by atoms with Gasteiger partial charge in [-0.3, -0.25) is 14.4 Å². The SMILES string of the molecule is CCCN(CC(=O)O)C(=O)c1c(C)oc2ncn(C)c(=O)c12. The summed E-state index contributed by atoms with van der Waals surface area (Å²) >= 11 is 0. The first kappa shape index (κ1) is 15.7. The number of amides is 1. The molecule has 0 aliphatic carbocycles. The summed E-state index contributed by atoms with van der Waals surface area (Å²) < 4.78 is 6.62. The molecule has 2 aromatic rings. The van der Waals surface area contributed by atoms with E-state index in [2.05, 4.69) is 4.98 Å². The normalized spacial score (nSPS) is 10.9. The lowest BCUT2D eigenvalue weighted by Crippen LogP contribution is -2.37. The number of fused-ring (bicyclic) bond motifs is 1. The lowest BCUT2D eigenvalue weighted by Gasteiger charge is -2.19. The third kappa shape index (κ3) is 2.72. The molecule has 0 atom stereocenters. The zero-order valence-corrected chi connectivity index (χ0v) is 12.6. The Morgan fingerprint density at radius 1 is 1.45 bits per heavy atom. The van der Waals surface area contributed by atoms with E-state index in [1.54, 1.807) is 6.92 Å². The maximum atomic E-state index is 12.7. The van der Waals surface area contributed by atoms with Crippen LogP contribution in [-0.2, 0) is 11.8 Å². The Labute approximate surface area is 126 Å². The van der Waals surface area contributed by atoms with E-state index in [-0.39, 0.29) is 29.0 Å². The van der Waals surface area contributed by atoms with Crippen LogP contribution >= 0.6 is 0 Å². The van der Waals surface area contributed by atoms with E-state index in [1.165, 1.54) is 22.8 Å². The standard InChI is InChI=1S/C14H17N3O5/c1-4-5-17(6-9(18)19)14(21)10-8(2)22-12-11(10)13(20)16(3)7-15-12/h7H,4-6H2,1-3H3,(H,18,19). The molecular formula is C14H17N3O5. The monoisotopic (exact) mass is 307 g/mol. The molecule has 2 rings (SSSR count). The topological polar surface area (TPSA) is 106 Å². The van der Waals surface area contributed by atoms with Crippen LogP contribution in [0.4, 0.5) is 0 Å². The van der Waals surface area contributed by atoms with Gasteiger partial charge >= 0.3 is 5.97 Å². The van der Waals surface area contributed by atoms with Crippen LogP contribution in [0, 0.1) is 6.92 Å². The van der Waals surface area contributed by atoms with Crippen molar-refractivity contribution in [1.29, 1.82) is 0 Å². The molecule has 0 saturated heterocycles. The number of hydrogen-bond donors (Lipinski definition) is 1. The predicted molar refractivity (Wildman–Crippen MR) is 77.8 cm³/mol. The lowest BCUT2D eigenvalue weighted by atomic mass is 10.1. The average molecular weight is 307 g/mol. The number of furan rings is 1. The molecule has 0 spiro atoms. The molecule has 8 heteroatoms. The van der Waals surface area contributed by atoms with Crippen molar-refractivity contribution in [1.82, 2.24) is 14.5 Å². The van der Waals surface area contributed by atoms with E-state index < -0.39 is 24.0 Å². The Morgan fingerprint density at radius 3 is 2.73 bits per heavy atom. The Hall–Kier alpha value is -2.64. The highest BCUT2D eigenvalue weighted by Gasteiger charge is 2.27. The van der Waals surface area contributed by atoms with Crippen molar-refractivity contribution in [2.75, 3.05) is 13.1 Å². The third-order valence-corrected chi connectivity index (χ3v) is 3.27. The second-order valence-electron chi connectivity index (χ2n) is 4.99. The van der Waals surface area contributed by atoms with Crippen molar-refractivity contribution in [2.24, 2.45) is 7.05 Å². The minimum atomic E-state index is -1.11. The van der Waals surface area contributed by atoms with E-state index in [0.29, 0.717) is 6.42 Å². The van der Waals surface area contributed by atoms with Gasteiger partial charge in [0.25, 0.3) is 11.5 Å². The number of carbonyl (C=O) groups is 2. The van der Waals surface area contributed by atoms with Gasteiger partial charge in [0.1, 0.15) is 24.0 Å². The number of aliphatic carboxylic acids is 1. The fourth-order valence-electron chi connectivity index (χ4n) is 2.29. The fraction of sp³-hybridized carbons (Fsp3) is 0.429. The summed E-state index contributed by atoms with van der Waals surface area (Å²) in [5, 5.41) is 9.03. The van der Waals surface area contributed by atoms with Gasteiger partial charge in [0.05, 0.1) is 5.56 Å². The first-order valence-corrected chi connectivity index (χ1v) is 6.82. The molecule has 1 amide bonds. The molecule has 0 bridgehead atoms. The number of nitrogens with zero attached hydrogens (tertiary/aromatic N) is 3. The molecule has 0 fully saturated rings.